The van der Waals surface area contributed by atoms with Crippen LogP contribution in [0.4, 0.5) is 5.69 Å². The van der Waals surface area contributed by atoms with Crippen LogP contribution in [0.2, 0.25) is 5.02 Å². The van der Waals surface area contributed by atoms with Crippen LogP contribution in [0.3, 0.4) is 0 Å². The van der Waals surface area contributed by atoms with Crippen molar-refractivity contribution in [2.24, 2.45) is 0 Å². The first kappa shape index (κ1) is 22.9. The van der Waals surface area contributed by atoms with Crippen molar-refractivity contribution >= 4 is 45.0 Å². The van der Waals surface area contributed by atoms with Crippen LogP contribution in [-0.4, -0.2) is 35.2 Å². The molecular weight excluding hydrogens is 516 g/mol. The van der Waals surface area contributed by atoms with E-state index in [2.05, 4.69) is 43.4 Å². The highest BCUT2D eigenvalue weighted by molar-refractivity contribution is 9.10. The number of hydrogen-bond acceptors (Lipinski definition) is 8. The number of benzene rings is 2. The summed E-state index contributed by atoms with van der Waals surface area (Å²) < 4.78 is 18.1. The molecule has 168 valence electrons. The van der Waals surface area contributed by atoms with Crippen LogP contribution in [-0.2, 0) is 0 Å². The van der Waals surface area contributed by atoms with Crippen LogP contribution < -0.4 is 19.5 Å². The first-order valence-electron chi connectivity index (χ1n) is 10.1. The second kappa shape index (κ2) is 10.1. The number of nitrogens with one attached hydrogen (secondary N) is 1. The van der Waals surface area contributed by atoms with Gasteiger partial charge in [-0.15, -0.1) is 10.2 Å². The molecule has 0 aliphatic carbocycles. The molecule has 7 nitrogen and oxygen atoms in total. The number of nitrogens with zero attached hydrogens (tertiary/aromatic N) is 3. The molecule has 0 saturated carbocycles. The third-order valence-electron chi connectivity index (χ3n) is 4.88. The van der Waals surface area contributed by atoms with Gasteiger partial charge in [0.1, 0.15) is 0 Å². The van der Waals surface area contributed by atoms with Crippen LogP contribution in [0.1, 0.15) is 31.6 Å². The second-order valence-corrected chi connectivity index (χ2v) is 9.41. The summed E-state index contributed by atoms with van der Waals surface area (Å²) in [5.74, 6) is 2.30. The lowest BCUT2D eigenvalue weighted by Crippen LogP contribution is -2.17. The Bertz CT molecular complexity index is 1130. The summed E-state index contributed by atoms with van der Waals surface area (Å²) >= 11 is 11.6. The highest BCUT2D eigenvalue weighted by Crippen LogP contribution is 2.43. The molecule has 1 aliphatic heterocycles. The molecule has 0 spiro atoms. The molecular formula is C22H22BrClN4O3S. The van der Waals surface area contributed by atoms with Crippen molar-refractivity contribution in [3.8, 4) is 28.6 Å². The monoisotopic (exact) mass is 536 g/mol. The number of fused-ring (bicyclic) bond motifs is 3. The molecule has 1 atom stereocenters. The predicted molar refractivity (Wildman–Crippen MR) is 130 cm³/mol. The van der Waals surface area contributed by atoms with Crippen LogP contribution in [0.15, 0.2) is 40.0 Å². The van der Waals surface area contributed by atoms with Gasteiger partial charge in [0.15, 0.2) is 23.4 Å². The zero-order valence-corrected chi connectivity index (χ0v) is 21.0. The van der Waals surface area contributed by atoms with E-state index in [9.17, 15) is 0 Å². The molecule has 1 aromatic heterocycles. The van der Waals surface area contributed by atoms with Crippen molar-refractivity contribution < 1.29 is 14.2 Å². The van der Waals surface area contributed by atoms with Gasteiger partial charge in [-0.05, 0) is 36.8 Å². The van der Waals surface area contributed by atoms with Gasteiger partial charge in [-0.25, -0.2) is 0 Å². The summed E-state index contributed by atoms with van der Waals surface area (Å²) in [5.41, 5.74) is 3.01. The molecule has 1 unspecified atom stereocenters. The molecule has 2 heterocycles. The first-order chi connectivity index (χ1) is 15.5. The molecule has 2 aromatic carbocycles. The van der Waals surface area contributed by atoms with Crippen molar-refractivity contribution in [2.75, 3.05) is 25.3 Å². The zero-order chi connectivity index (χ0) is 22.7. The zero-order valence-electron chi connectivity index (χ0n) is 17.8. The van der Waals surface area contributed by atoms with Gasteiger partial charge < -0.3 is 19.5 Å². The van der Waals surface area contributed by atoms with Gasteiger partial charge in [0, 0.05) is 27.0 Å². The molecule has 32 heavy (non-hydrogen) atoms. The maximum absolute atomic E-state index is 6.46. The average molecular weight is 538 g/mol. The summed E-state index contributed by atoms with van der Waals surface area (Å²) in [4.78, 5) is 4.67. The van der Waals surface area contributed by atoms with Crippen LogP contribution in [0.5, 0.6) is 17.4 Å². The Morgan fingerprint density at radius 2 is 2.03 bits per heavy atom. The Hall–Kier alpha value is -2.23. The SMILES string of the molecule is CCCCSc1nnc2c(n1)OC(c1cc(Cl)c(OC)c(OC)c1)Nc1ccc(Br)cc1-2. The molecule has 0 bridgehead atoms. The smallest absolute Gasteiger partial charge is 0.247 e. The number of rotatable bonds is 7. The van der Waals surface area contributed by atoms with Crippen molar-refractivity contribution in [2.45, 2.75) is 31.1 Å². The molecule has 1 N–H and O–H groups in total. The summed E-state index contributed by atoms with van der Waals surface area (Å²) in [5, 5.41) is 13.2. The van der Waals surface area contributed by atoms with Crippen molar-refractivity contribution in [1.82, 2.24) is 15.2 Å². The Balaban J connectivity index is 1.79. The van der Waals surface area contributed by atoms with Gasteiger partial charge in [0.2, 0.25) is 11.0 Å². The third-order valence-corrected chi connectivity index (χ3v) is 6.57. The maximum atomic E-state index is 6.46. The first-order valence-corrected chi connectivity index (χ1v) is 12.2. The van der Waals surface area contributed by atoms with E-state index in [1.54, 1.807) is 32.0 Å². The van der Waals surface area contributed by atoms with Gasteiger partial charge in [-0.3, -0.25) is 0 Å². The standard InChI is InChI=1S/C22H22BrClN4O3S/c1-4-5-8-32-22-26-21-18(27-28-22)14-11-13(23)6-7-16(14)25-20(31-21)12-9-15(24)19(30-3)17(10-12)29-2/h6-7,9-11,20,25H,4-5,8H2,1-3H3. The lowest BCUT2D eigenvalue weighted by Gasteiger charge is -2.21. The largest absolute Gasteiger partial charge is 0.493 e. The quantitative estimate of drug-likeness (QED) is 0.275. The number of thioether (sulfide) groups is 1. The number of hydrogen-bond donors (Lipinski definition) is 1. The van der Waals surface area contributed by atoms with E-state index in [1.807, 2.05) is 24.3 Å². The number of halogens is 2. The highest BCUT2D eigenvalue weighted by atomic mass is 79.9. The van der Waals surface area contributed by atoms with Crippen LogP contribution >= 0.6 is 39.3 Å². The third kappa shape index (κ3) is 4.74. The van der Waals surface area contributed by atoms with E-state index < -0.39 is 6.23 Å². The van der Waals surface area contributed by atoms with E-state index in [1.165, 1.54) is 0 Å². The van der Waals surface area contributed by atoms with Crippen molar-refractivity contribution in [1.29, 1.82) is 0 Å². The van der Waals surface area contributed by atoms with Gasteiger partial charge in [0.25, 0.3) is 0 Å². The molecule has 10 heteroatoms. The summed E-state index contributed by atoms with van der Waals surface area (Å²) in [6.45, 7) is 2.15. The van der Waals surface area contributed by atoms with Crippen LogP contribution in [0, 0.1) is 0 Å². The van der Waals surface area contributed by atoms with Crippen LogP contribution in [0.25, 0.3) is 11.3 Å². The Kier molecular flexibility index (Phi) is 7.27. The number of ether oxygens (including phenoxy) is 3. The van der Waals surface area contributed by atoms with Gasteiger partial charge in [-0.1, -0.05) is 52.6 Å². The normalized spacial score (nSPS) is 14.5. The predicted octanol–water partition coefficient (Wildman–Crippen LogP) is 6.37. The maximum Gasteiger partial charge on any atom is 0.247 e. The molecule has 0 radical (unpaired) electrons. The van der Waals surface area contributed by atoms with Gasteiger partial charge in [0.05, 0.1) is 19.2 Å². The van der Waals surface area contributed by atoms with Crippen molar-refractivity contribution in [3.63, 3.8) is 0 Å². The second-order valence-electron chi connectivity index (χ2n) is 7.02. The molecule has 4 rings (SSSR count). The Labute approximate surface area is 204 Å². The number of anilines is 1. The number of methoxy groups -OCH3 is 2. The fraction of sp³-hybridized carbons (Fsp3) is 0.318. The van der Waals surface area contributed by atoms with E-state index in [0.717, 1.165) is 39.9 Å². The minimum Gasteiger partial charge on any atom is -0.493 e. The molecule has 0 fully saturated rings. The van der Waals surface area contributed by atoms with E-state index in [4.69, 9.17) is 25.8 Å². The molecule has 0 saturated heterocycles. The number of unbranched alkanes of at least 4 members (excludes halogenated alkanes) is 1. The molecule has 3 aromatic rings. The van der Waals surface area contributed by atoms with Gasteiger partial charge >= 0.3 is 0 Å². The fourth-order valence-electron chi connectivity index (χ4n) is 3.28. The Morgan fingerprint density at radius 3 is 2.78 bits per heavy atom. The Morgan fingerprint density at radius 1 is 1.19 bits per heavy atom. The van der Waals surface area contributed by atoms with E-state index in [-0.39, 0.29) is 0 Å². The van der Waals surface area contributed by atoms with E-state index in [0.29, 0.717) is 33.3 Å². The fourth-order valence-corrected chi connectivity index (χ4v) is 4.80. The van der Waals surface area contributed by atoms with Crippen molar-refractivity contribution in [3.05, 3.63) is 45.4 Å². The lowest BCUT2D eigenvalue weighted by molar-refractivity contribution is 0.224. The highest BCUT2D eigenvalue weighted by Gasteiger charge is 2.28. The summed E-state index contributed by atoms with van der Waals surface area (Å²) in [6.07, 6.45) is 1.60. The summed E-state index contributed by atoms with van der Waals surface area (Å²) in [6, 6.07) is 9.49. The minimum atomic E-state index is -0.585. The van der Waals surface area contributed by atoms with Gasteiger partial charge in [-0.2, -0.15) is 4.98 Å². The molecule has 1 aliphatic rings. The minimum absolute atomic E-state index is 0.402. The topological polar surface area (TPSA) is 78.4 Å². The summed E-state index contributed by atoms with van der Waals surface area (Å²) in [7, 11) is 3.12. The average Bonchev–Trinajstić information content (AvgIpc) is 2.95. The van der Waals surface area contributed by atoms with E-state index >= 15 is 0 Å². The lowest BCUT2D eigenvalue weighted by atomic mass is 10.1. The number of aromatic nitrogens is 3. The molecule has 0 amide bonds.